The fraction of sp³-hybridized carbons (Fsp3) is 0.130. The van der Waals surface area contributed by atoms with Crippen molar-refractivity contribution >= 4 is 46.9 Å². The van der Waals surface area contributed by atoms with Crippen LogP contribution >= 0.6 is 23.6 Å². The van der Waals surface area contributed by atoms with Gasteiger partial charge in [0, 0.05) is 6.08 Å². The molecule has 3 heterocycles. The van der Waals surface area contributed by atoms with Crippen LogP contribution in [0.25, 0.3) is 6.08 Å². The maximum absolute atomic E-state index is 10.8. The predicted octanol–water partition coefficient (Wildman–Crippen LogP) is 5.09. The van der Waals surface area contributed by atoms with Gasteiger partial charge in [-0.25, -0.2) is 4.99 Å². The number of ether oxygens (including phenoxy) is 3. The van der Waals surface area contributed by atoms with Gasteiger partial charge in [0.25, 0.3) is 5.90 Å². The van der Waals surface area contributed by atoms with E-state index < -0.39 is 0 Å². The average molecular weight is 477 g/mol. The highest BCUT2D eigenvalue weighted by atomic mass is 32.1. The van der Waals surface area contributed by atoms with Crippen molar-refractivity contribution in [2.75, 3.05) is 6.79 Å². The van der Waals surface area contributed by atoms with Crippen molar-refractivity contribution in [2.24, 2.45) is 9.98 Å². The van der Waals surface area contributed by atoms with Crippen LogP contribution in [0.5, 0.6) is 17.4 Å². The molecule has 0 saturated carbocycles. The zero-order valence-corrected chi connectivity index (χ0v) is 18.9. The quantitative estimate of drug-likeness (QED) is 0.526. The van der Waals surface area contributed by atoms with Crippen molar-refractivity contribution in [1.82, 2.24) is 4.57 Å². The Labute approximate surface area is 198 Å². The molecule has 2 aliphatic rings. The number of aryl methyl sites for hydroxylation is 1. The van der Waals surface area contributed by atoms with Crippen molar-refractivity contribution in [3.8, 4) is 23.4 Å². The lowest BCUT2D eigenvalue weighted by Crippen LogP contribution is -2.07. The van der Waals surface area contributed by atoms with E-state index in [-0.39, 0.29) is 30.2 Å². The van der Waals surface area contributed by atoms with Crippen LogP contribution in [0.15, 0.2) is 58.3 Å². The Kier molecular flexibility index (Phi) is 5.42. The Morgan fingerprint density at radius 1 is 1.24 bits per heavy atom. The molecule has 0 fully saturated rings. The van der Waals surface area contributed by atoms with Gasteiger partial charge in [-0.15, -0.1) is 11.3 Å². The second-order valence-corrected chi connectivity index (χ2v) is 8.91. The van der Waals surface area contributed by atoms with E-state index in [1.54, 1.807) is 10.6 Å². The topological polar surface area (TPSA) is 101 Å². The van der Waals surface area contributed by atoms with E-state index >= 15 is 0 Å². The number of benzene rings is 2. The summed E-state index contributed by atoms with van der Waals surface area (Å²) < 4.78 is 18.5. The van der Waals surface area contributed by atoms with Gasteiger partial charge in [0.2, 0.25) is 24.3 Å². The standard InChI is InChI=1S/C23H16N4O4S2/c1-13-2-5-15(6-3-13)25-21-16(10-24)26-20(31-21)9-19-22(28)27(23(32)33-19)11-14-4-7-17-18(8-14)30-12-29-17/h2-9,28H,11-12H2,1H3/b20-9+,25-21?. The van der Waals surface area contributed by atoms with Gasteiger partial charge in [-0.1, -0.05) is 23.8 Å². The molecule has 5 rings (SSSR count). The largest absolute Gasteiger partial charge is 0.493 e. The van der Waals surface area contributed by atoms with Crippen LogP contribution in [0.2, 0.25) is 0 Å². The third-order valence-corrected chi connectivity index (χ3v) is 6.31. The lowest BCUT2D eigenvalue weighted by Gasteiger charge is -2.06. The van der Waals surface area contributed by atoms with E-state index in [1.807, 2.05) is 55.5 Å². The summed E-state index contributed by atoms with van der Waals surface area (Å²) >= 11 is 6.66. The number of hydrogen-bond donors (Lipinski definition) is 1. The number of aromatic nitrogens is 1. The van der Waals surface area contributed by atoms with Crippen molar-refractivity contribution in [3.05, 3.63) is 68.3 Å². The van der Waals surface area contributed by atoms with E-state index in [2.05, 4.69) is 9.98 Å². The highest BCUT2D eigenvalue weighted by Crippen LogP contribution is 2.35. The molecule has 33 heavy (non-hydrogen) atoms. The van der Waals surface area contributed by atoms with Crippen molar-refractivity contribution < 1.29 is 19.3 Å². The zero-order chi connectivity index (χ0) is 22.9. The van der Waals surface area contributed by atoms with E-state index in [1.165, 1.54) is 11.3 Å². The molecule has 2 aromatic carbocycles. The summed E-state index contributed by atoms with van der Waals surface area (Å²) in [5.41, 5.74) is 2.71. The SMILES string of the molecule is Cc1ccc(N=C2O/C(=C/c3sc(=S)n(Cc4ccc5c(c4)OCO5)c3O)N=C2C#N)cc1. The molecule has 3 aromatic rings. The van der Waals surface area contributed by atoms with Crippen LogP contribution in [-0.2, 0) is 11.3 Å². The lowest BCUT2D eigenvalue weighted by atomic mass is 10.2. The summed E-state index contributed by atoms with van der Waals surface area (Å²) in [5, 5.41) is 20.2. The Morgan fingerprint density at radius 3 is 2.82 bits per heavy atom. The summed E-state index contributed by atoms with van der Waals surface area (Å²) in [4.78, 5) is 9.02. The first-order valence-electron chi connectivity index (χ1n) is 9.85. The predicted molar refractivity (Wildman–Crippen MR) is 127 cm³/mol. The second kappa shape index (κ2) is 8.54. The Balaban J connectivity index is 1.41. The molecule has 0 spiro atoms. The van der Waals surface area contributed by atoms with Crippen molar-refractivity contribution in [3.63, 3.8) is 0 Å². The molecule has 2 aliphatic heterocycles. The van der Waals surface area contributed by atoms with Crippen LogP contribution in [0.4, 0.5) is 5.69 Å². The molecule has 0 bridgehead atoms. The summed E-state index contributed by atoms with van der Waals surface area (Å²) in [6, 6.07) is 15.1. The van der Waals surface area contributed by atoms with E-state index in [0.29, 0.717) is 32.6 Å². The first-order chi connectivity index (χ1) is 16.0. The van der Waals surface area contributed by atoms with Gasteiger partial charge < -0.3 is 19.3 Å². The third-order valence-electron chi connectivity index (χ3n) is 4.92. The van der Waals surface area contributed by atoms with Gasteiger partial charge in [0.15, 0.2) is 15.5 Å². The molecule has 8 nitrogen and oxygen atoms in total. The molecule has 0 aliphatic carbocycles. The normalized spacial score (nSPS) is 16.7. The molecule has 0 atom stereocenters. The van der Waals surface area contributed by atoms with Crippen LogP contribution in [0, 0.1) is 22.2 Å². The van der Waals surface area contributed by atoms with Crippen molar-refractivity contribution in [2.45, 2.75) is 13.5 Å². The van der Waals surface area contributed by atoms with Crippen LogP contribution < -0.4 is 9.47 Å². The number of fused-ring (bicyclic) bond motifs is 1. The molecule has 0 radical (unpaired) electrons. The summed E-state index contributed by atoms with van der Waals surface area (Å²) in [6.07, 6.45) is 1.54. The Hall–Kier alpha value is -3.94. The smallest absolute Gasteiger partial charge is 0.258 e. The summed E-state index contributed by atoms with van der Waals surface area (Å²) in [6.45, 7) is 2.53. The molecule has 164 valence electrons. The zero-order valence-electron chi connectivity index (χ0n) is 17.3. The second-order valence-electron chi connectivity index (χ2n) is 7.24. The maximum Gasteiger partial charge on any atom is 0.258 e. The van der Waals surface area contributed by atoms with Crippen LogP contribution in [-0.4, -0.2) is 28.1 Å². The summed E-state index contributed by atoms with van der Waals surface area (Å²) in [5.74, 6) is 1.59. The number of aliphatic imine (C=N–C) groups is 2. The molecule has 1 N–H and O–H groups in total. The third kappa shape index (κ3) is 4.24. The van der Waals surface area contributed by atoms with E-state index in [4.69, 9.17) is 26.4 Å². The van der Waals surface area contributed by atoms with E-state index in [9.17, 15) is 10.4 Å². The van der Waals surface area contributed by atoms with Crippen LogP contribution in [0.3, 0.4) is 0 Å². The molecule has 0 amide bonds. The molecule has 1 aromatic heterocycles. The fourth-order valence-electron chi connectivity index (χ4n) is 3.26. The molecule has 0 saturated heterocycles. The monoisotopic (exact) mass is 476 g/mol. The molecule has 0 unspecified atom stereocenters. The van der Waals surface area contributed by atoms with Gasteiger partial charge in [0.1, 0.15) is 6.07 Å². The van der Waals surface area contributed by atoms with E-state index in [0.717, 1.165) is 11.1 Å². The molecule has 10 heteroatoms. The number of nitrogens with zero attached hydrogens (tertiary/aromatic N) is 4. The highest BCUT2D eigenvalue weighted by Gasteiger charge is 2.23. The first kappa shape index (κ1) is 20.9. The molecular weight excluding hydrogens is 460 g/mol. The minimum atomic E-state index is -0.0172. The summed E-state index contributed by atoms with van der Waals surface area (Å²) in [7, 11) is 0. The number of aromatic hydroxyl groups is 1. The number of hydrogen-bond acceptors (Lipinski definition) is 9. The fourth-order valence-corrected chi connectivity index (χ4v) is 4.49. The Bertz CT molecular complexity index is 1440. The van der Waals surface area contributed by atoms with Gasteiger partial charge in [-0.3, -0.25) is 4.57 Å². The van der Waals surface area contributed by atoms with Gasteiger partial charge in [-0.05, 0) is 49.0 Å². The van der Waals surface area contributed by atoms with Gasteiger partial charge in [0.05, 0.1) is 17.1 Å². The van der Waals surface area contributed by atoms with Gasteiger partial charge >= 0.3 is 0 Å². The maximum atomic E-state index is 10.8. The Morgan fingerprint density at radius 2 is 2.03 bits per heavy atom. The number of nitriles is 1. The lowest BCUT2D eigenvalue weighted by molar-refractivity contribution is 0.174. The highest BCUT2D eigenvalue weighted by molar-refractivity contribution is 7.73. The molecular formula is C23H16N4O4S2. The van der Waals surface area contributed by atoms with Crippen molar-refractivity contribution in [1.29, 1.82) is 5.26 Å². The average Bonchev–Trinajstić information content (AvgIpc) is 3.49. The first-order valence-corrected chi connectivity index (χ1v) is 11.1. The minimum Gasteiger partial charge on any atom is -0.493 e. The number of thiazole rings is 1. The van der Waals surface area contributed by atoms with Crippen LogP contribution in [0.1, 0.15) is 16.0 Å². The van der Waals surface area contributed by atoms with Gasteiger partial charge in [-0.2, -0.15) is 10.3 Å². The number of rotatable bonds is 4. The minimum absolute atomic E-state index is 0.0172.